The van der Waals surface area contributed by atoms with Crippen LogP contribution in [0.5, 0.6) is 5.88 Å². The van der Waals surface area contributed by atoms with E-state index in [4.69, 9.17) is 9.84 Å². The first kappa shape index (κ1) is 21.0. The highest BCUT2D eigenvalue weighted by molar-refractivity contribution is 5.85. The largest absolute Gasteiger partial charge is 0.478 e. The number of aliphatic carboxylic acids is 1. The third kappa shape index (κ3) is 4.19. The molecule has 0 radical (unpaired) electrons. The zero-order chi connectivity index (χ0) is 21.4. The molecule has 0 atom stereocenters. The van der Waals surface area contributed by atoms with Gasteiger partial charge in [-0.15, -0.1) is 0 Å². The fraction of sp³-hybridized carbons (Fsp3) is 0.458. The van der Waals surface area contributed by atoms with Crippen molar-refractivity contribution in [3.63, 3.8) is 0 Å². The number of rotatable bonds is 5. The molecule has 2 aromatic rings. The van der Waals surface area contributed by atoms with Gasteiger partial charge < -0.3 is 9.84 Å². The smallest absolute Gasteiger partial charge is 0.328 e. The van der Waals surface area contributed by atoms with Crippen LogP contribution in [0.15, 0.2) is 24.4 Å². The molecule has 1 aliphatic carbocycles. The van der Waals surface area contributed by atoms with Gasteiger partial charge >= 0.3 is 5.97 Å². The molecule has 1 aromatic carbocycles. The number of hydrogen-bond acceptors (Lipinski definition) is 4. The van der Waals surface area contributed by atoms with E-state index in [9.17, 15) is 4.79 Å². The van der Waals surface area contributed by atoms with Crippen LogP contribution >= 0.6 is 0 Å². The molecule has 0 aliphatic heterocycles. The van der Waals surface area contributed by atoms with Crippen LogP contribution in [0, 0.1) is 6.92 Å². The van der Waals surface area contributed by atoms with Crippen molar-refractivity contribution in [2.75, 3.05) is 6.61 Å². The van der Waals surface area contributed by atoms with Gasteiger partial charge in [-0.25, -0.2) is 14.8 Å². The van der Waals surface area contributed by atoms with Crippen LogP contribution < -0.4 is 4.74 Å². The summed E-state index contributed by atoms with van der Waals surface area (Å²) in [4.78, 5) is 19.9. The van der Waals surface area contributed by atoms with Crippen molar-refractivity contribution in [1.29, 1.82) is 0 Å². The Balaban J connectivity index is 2.17. The van der Waals surface area contributed by atoms with Crippen molar-refractivity contribution >= 4 is 12.0 Å². The third-order valence-corrected chi connectivity index (χ3v) is 5.89. The van der Waals surface area contributed by atoms with E-state index in [0.29, 0.717) is 23.9 Å². The Hall–Kier alpha value is -2.69. The highest BCUT2D eigenvalue weighted by Gasteiger charge is 2.37. The Morgan fingerprint density at radius 1 is 1.17 bits per heavy atom. The molecule has 154 valence electrons. The van der Waals surface area contributed by atoms with E-state index in [1.54, 1.807) is 6.20 Å². The predicted octanol–water partition coefficient (Wildman–Crippen LogP) is 5.30. The Labute approximate surface area is 172 Å². The molecule has 0 unspecified atom stereocenters. The second kappa shape index (κ2) is 7.62. The molecule has 0 saturated heterocycles. The van der Waals surface area contributed by atoms with E-state index < -0.39 is 5.97 Å². The lowest BCUT2D eigenvalue weighted by Gasteiger charge is -2.42. The van der Waals surface area contributed by atoms with Crippen molar-refractivity contribution < 1.29 is 14.6 Å². The SMILES string of the molecule is CCOc1nc(/C=C/C(=O)O)cnc1-c1cc2c(cc1C)C(C)(C)CCC2(C)C. The van der Waals surface area contributed by atoms with Crippen molar-refractivity contribution in [2.24, 2.45) is 0 Å². The Bertz CT molecular complexity index is 974. The van der Waals surface area contributed by atoms with Crippen molar-refractivity contribution in [3.8, 4) is 17.1 Å². The van der Waals surface area contributed by atoms with Crippen molar-refractivity contribution in [3.05, 3.63) is 46.8 Å². The summed E-state index contributed by atoms with van der Waals surface area (Å²) in [7, 11) is 0. The lowest BCUT2D eigenvalue weighted by Crippen LogP contribution is -2.34. The molecule has 0 bridgehead atoms. The van der Waals surface area contributed by atoms with E-state index >= 15 is 0 Å². The minimum atomic E-state index is -1.02. The van der Waals surface area contributed by atoms with Crippen molar-refractivity contribution in [2.45, 2.75) is 65.2 Å². The maximum Gasteiger partial charge on any atom is 0.328 e. The second-order valence-electron chi connectivity index (χ2n) is 9.03. The van der Waals surface area contributed by atoms with Gasteiger partial charge in [0, 0.05) is 11.6 Å². The van der Waals surface area contributed by atoms with E-state index in [-0.39, 0.29) is 10.8 Å². The summed E-state index contributed by atoms with van der Waals surface area (Å²) < 4.78 is 5.78. The number of benzene rings is 1. The van der Waals surface area contributed by atoms with E-state index in [0.717, 1.165) is 23.6 Å². The number of aryl methyl sites for hydroxylation is 1. The lowest BCUT2D eigenvalue weighted by molar-refractivity contribution is -0.131. The molecule has 0 saturated carbocycles. The van der Waals surface area contributed by atoms with Crippen LogP contribution in [-0.2, 0) is 15.6 Å². The van der Waals surface area contributed by atoms with Gasteiger partial charge in [0.05, 0.1) is 18.5 Å². The summed E-state index contributed by atoms with van der Waals surface area (Å²) in [5.41, 5.74) is 6.30. The van der Waals surface area contributed by atoms with Gasteiger partial charge in [-0.1, -0.05) is 33.8 Å². The number of hydrogen-bond donors (Lipinski definition) is 1. The monoisotopic (exact) mass is 394 g/mol. The number of nitrogens with zero attached hydrogens (tertiary/aromatic N) is 2. The lowest BCUT2D eigenvalue weighted by atomic mass is 9.62. The maximum atomic E-state index is 10.8. The van der Waals surface area contributed by atoms with Gasteiger partial charge in [0.25, 0.3) is 0 Å². The zero-order valence-corrected chi connectivity index (χ0v) is 18.2. The molecule has 1 aromatic heterocycles. The van der Waals surface area contributed by atoms with Crippen LogP contribution in [0.3, 0.4) is 0 Å². The topological polar surface area (TPSA) is 72.3 Å². The molecule has 5 nitrogen and oxygen atoms in total. The predicted molar refractivity (Wildman–Crippen MR) is 115 cm³/mol. The summed E-state index contributed by atoms with van der Waals surface area (Å²) in [5, 5.41) is 8.85. The first-order valence-corrected chi connectivity index (χ1v) is 10.1. The van der Waals surface area contributed by atoms with Gasteiger partial charge in [-0.05, 0) is 66.4 Å². The molecule has 29 heavy (non-hydrogen) atoms. The molecule has 1 aliphatic rings. The summed E-state index contributed by atoms with van der Waals surface area (Å²) in [6.45, 7) is 13.7. The average Bonchev–Trinajstić information content (AvgIpc) is 2.64. The Kier molecular flexibility index (Phi) is 5.52. The standard InChI is InChI=1S/C24H30N2O3/c1-7-29-22-21(25-14-16(26-22)8-9-20(27)28)17-13-19-18(12-15(17)2)23(3,4)10-11-24(19,5)6/h8-9,12-14H,7,10-11H2,1-6H3,(H,27,28)/b9-8+. The number of aromatic nitrogens is 2. The fourth-order valence-corrected chi connectivity index (χ4v) is 4.02. The zero-order valence-electron chi connectivity index (χ0n) is 18.2. The summed E-state index contributed by atoms with van der Waals surface area (Å²) >= 11 is 0. The van der Waals surface area contributed by atoms with Gasteiger partial charge in [-0.3, -0.25) is 0 Å². The van der Waals surface area contributed by atoms with Crippen molar-refractivity contribution in [1.82, 2.24) is 9.97 Å². The van der Waals surface area contributed by atoms with E-state index in [1.165, 1.54) is 23.6 Å². The number of fused-ring (bicyclic) bond motifs is 1. The van der Waals surface area contributed by atoms with Gasteiger partial charge in [0.1, 0.15) is 5.69 Å². The maximum absolute atomic E-state index is 10.8. The molecular weight excluding hydrogens is 364 g/mol. The van der Waals surface area contributed by atoms with Gasteiger partial charge in [0.2, 0.25) is 5.88 Å². The Morgan fingerprint density at radius 3 is 2.38 bits per heavy atom. The van der Waals surface area contributed by atoms with Crippen LogP contribution in [0.2, 0.25) is 0 Å². The molecule has 3 rings (SSSR count). The number of carbonyl (C=O) groups is 1. The first-order valence-electron chi connectivity index (χ1n) is 10.1. The summed E-state index contributed by atoms with van der Waals surface area (Å²) in [5.74, 6) is -0.597. The second-order valence-corrected chi connectivity index (χ2v) is 9.03. The molecule has 0 amide bonds. The number of carboxylic acid groups (broad SMARTS) is 1. The van der Waals surface area contributed by atoms with Crippen LogP contribution in [0.1, 0.15) is 69.8 Å². The van der Waals surface area contributed by atoms with Crippen LogP contribution in [0.4, 0.5) is 0 Å². The minimum absolute atomic E-state index is 0.0939. The van der Waals surface area contributed by atoms with E-state index in [2.05, 4.69) is 56.7 Å². The highest BCUT2D eigenvalue weighted by Crippen LogP contribution is 2.48. The van der Waals surface area contributed by atoms with Gasteiger partial charge in [0.15, 0.2) is 0 Å². The van der Waals surface area contributed by atoms with Gasteiger partial charge in [-0.2, -0.15) is 0 Å². The quantitative estimate of drug-likeness (QED) is 0.697. The number of ether oxygens (including phenoxy) is 1. The average molecular weight is 395 g/mol. The molecular formula is C24H30N2O3. The molecule has 1 N–H and O–H groups in total. The minimum Gasteiger partial charge on any atom is -0.478 e. The van der Waals surface area contributed by atoms with E-state index in [1.807, 2.05) is 6.92 Å². The highest BCUT2D eigenvalue weighted by atomic mass is 16.5. The Morgan fingerprint density at radius 2 is 1.79 bits per heavy atom. The van der Waals surface area contributed by atoms with Crippen LogP contribution in [-0.4, -0.2) is 27.7 Å². The van der Waals surface area contributed by atoms with Crippen LogP contribution in [0.25, 0.3) is 17.3 Å². The fourth-order valence-electron chi connectivity index (χ4n) is 4.02. The summed E-state index contributed by atoms with van der Waals surface area (Å²) in [6, 6.07) is 4.55. The third-order valence-electron chi connectivity index (χ3n) is 5.89. The normalized spacial score (nSPS) is 17.2. The number of carboxylic acids is 1. The molecule has 5 heteroatoms. The first-order chi connectivity index (χ1) is 13.5. The molecule has 0 fully saturated rings. The molecule has 1 heterocycles. The summed E-state index contributed by atoms with van der Waals surface area (Å²) in [6.07, 6.45) is 6.37. The molecule has 0 spiro atoms.